The number of furan rings is 1. The van der Waals surface area contributed by atoms with Crippen LogP contribution in [-0.4, -0.2) is 42.5 Å². The number of fused-ring (bicyclic) bond motifs is 4. The number of rotatable bonds is 5. The maximum absolute atomic E-state index is 13.4. The lowest BCUT2D eigenvalue weighted by Crippen LogP contribution is -2.53. The van der Waals surface area contributed by atoms with E-state index in [4.69, 9.17) is 9.15 Å². The molecule has 1 saturated carbocycles. The normalized spacial score (nSPS) is 30.6. The maximum atomic E-state index is 13.4. The standard InChI is InChI=1S/C28H32N2O4/c1-2-33-25-24(29-26(31)23-8-5-15-34-23)20-6-3-4-7-22(20)28(25)11-13-30(14-12-28)27(32)21-17-18-9-10-19(21)16-18/h3-10,15,18-19,21,24-25H,2,11-14,16-17H2,1H3,(H,29,31)/t18-,19+,21+,24-,25+/m1/s1. The Morgan fingerprint density at radius 2 is 1.94 bits per heavy atom. The van der Waals surface area contributed by atoms with Crippen molar-refractivity contribution in [1.29, 1.82) is 0 Å². The first-order chi connectivity index (χ1) is 16.6. The van der Waals surface area contributed by atoms with Crippen LogP contribution < -0.4 is 5.32 Å². The predicted octanol–water partition coefficient (Wildman–Crippen LogP) is 4.24. The third-order valence-electron chi connectivity index (χ3n) is 8.62. The minimum atomic E-state index is -0.258. The molecule has 6 heteroatoms. The van der Waals surface area contributed by atoms with Crippen molar-refractivity contribution < 1.29 is 18.7 Å². The van der Waals surface area contributed by atoms with E-state index in [1.807, 2.05) is 13.0 Å². The molecule has 34 heavy (non-hydrogen) atoms. The fraction of sp³-hybridized carbons (Fsp3) is 0.500. The van der Waals surface area contributed by atoms with E-state index in [1.54, 1.807) is 12.1 Å². The molecular weight excluding hydrogens is 428 g/mol. The molecule has 2 amide bonds. The highest BCUT2D eigenvalue weighted by molar-refractivity contribution is 5.91. The minimum absolute atomic E-state index is 0.155. The molecule has 3 aliphatic carbocycles. The van der Waals surface area contributed by atoms with Gasteiger partial charge in [-0.1, -0.05) is 36.4 Å². The van der Waals surface area contributed by atoms with Gasteiger partial charge in [-0.05, 0) is 67.7 Å². The quantitative estimate of drug-likeness (QED) is 0.678. The Hall–Kier alpha value is -2.86. The monoisotopic (exact) mass is 460 g/mol. The van der Waals surface area contributed by atoms with Crippen LogP contribution in [-0.2, 0) is 14.9 Å². The summed E-state index contributed by atoms with van der Waals surface area (Å²) in [5.74, 6) is 1.57. The average molecular weight is 461 g/mol. The van der Waals surface area contributed by atoms with Crippen molar-refractivity contribution in [2.45, 2.75) is 50.2 Å². The smallest absolute Gasteiger partial charge is 0.287 e. The number of nitrogens with zero attached hydrogens (tertiary/aromatic N) is 1. The van der Waals surface area contributed by atoms with Gasteiger partial charge in [0, 0.05) is 31.0 Å². The molecule has 6 nitrogen and oxygen atoms in total. The van der Waals surface area contributed by atoms with Crippen molar-refractivity contribution in [2.75, 3.05) is 19.7 Å². The van der Waals surface area contributed by atoms with E-state index in [2.05, 4.69) is 40.6 Å². The molecule has 2 bridgehead atoms. The highest BCUT2D eigenvalue weighted by Gasteiger charge is 2.55. The lowest BCUT2D eigenvalue weighted by atomic mass is 9.71. The number of piperidine rings is 1. The second kappa shape index (κ2) is 8.42. The van der Waals surface area contributed by atoms with Crippen LogP contribution >= 0.6 is 0 Å². The lowest BCUT2D eigenvalue weighted by molar-refractivity contribution is -0.139. The van der Waals surface area contributed by atoms with E-state index in [0.29, 0.717) is 30.1 Å². The number of likely N-dealkylation sites (tertiary alicyclic amines) is 1. The van der Waals surface area contributed by atoms with Gasteiger partial charge in [0.25, 0.3) is 5.91 Å². The Bertz CT molecular complexity index is 1100. The Morgan fingerprint density at radius 3 is 2.62 bits per heavy atom. The number of nitrogens with one attached hydrogen (secondary N) is 1. The minimum Gasteiger partial charge on any atom is -0.459 e. The molecule has 1 aliphatic heterocycles. The zero-order chi connectivity index (χ0) is 23.3. The largest absolute Gasteiger partial charge is 0.459 e. The summed E-state index contributed by atoms with van der Waals surface area (Å²) < 4.78 is 11.7. The molecule has 1 spiro atoms. The highest BCUT2D eigenvalue weighted by Crippen LogP contribution is 2.53. The van der Waals surface area contributed by atoms with Gasteiger partial charge in [-0.25, -0.2) is 0 Å². The number of allylic oxidation sites excluding steroid dienone is 2. The van der Waals surface area contributed by atoms with E-state index in [-0.39, 0.29) is 29.4 Å². The lowest BCUT2D eigenvalue weighted by Gasteiger charge is -2.45. The van der Waals surface area contributed by atoms with Crippen molar-refractivity contribution in [1.82, 2.24) is 10.2 Å². The zero-order valence-electron chi connectivity index (χ0n) is 19.6. The van der Waals surface area contributed by atoms with Crippen molar-refractivity contribution in [3.05, 3.63) is 71.7 Å². The topological polar surface area (TPSA) is 71.8 Å². The summed E-state index contributed by atoms with van der Waals surface area (Å²) in [6, 6.07) is 11.5. The Balaban J connectivity index is 1.25. The van der Waals surface area contributed by atoms with Gasteiger partial charge < -0.3 is 19.4 Å². The van der Waals surface area contributed by atoms with E-state index in [0.717, 1.165) is 44.3 Å². The van der Waals surface area contributed by atoms with Gasteiger partial charge in [0.2, 0.25) is 5.91 Å². The van der Waals surface area contributed by atoms with Crippen LogP contribution in [0.1, 0.15) is 60.3 Å². The van der Waals surface area contributed by atoms with Crippen LogP contribution in [0.25, 0.3) is 0 Å². The van der Waals surface area contributed by atoms with Crippen LogP contribution in [0.3, 0.4) is 0 Å². The second-order valence-electron chi connectivity index (χ2n) is 10.3. The van der Waals surface area contributed by atoms with E-state index >= 15 is 0 Å². The first-order valence-corrected chi connectivity index (χ1v) is 12.6. The summed E-state index contributed by atoms with van der Waals surface area (Å²) in [6.07, 6.45) is 9.70. The summed E-state index contributed by atoms with van der Waals surface area (Å²) in [5.41, 5.74) is 2.13. The molecule has 6 rings (SSSR count). The van der Waals surface area contributed by atoms with Crippen LogP contribution in [0.4, 0.5) is 0 Å². The fourth-order valence-electron chi connectivity index (χ4n) is 7.05. The molecular formula is C28H32N2O4. The molecule has 0 radical (unpaired) electrons. The number of hydrogen-bond donors (Lipinski definition) is 1. The van der Waals surface area contributed by atoms with Crippen LogP contribution in [0.15, 0.2) is 59.2 Å². The van der Waals surface area contributed by atoms with E-state index in [1.165, 1.54) is 11.8 Å². The van der Waals surface area contributed by atoms with Crippen LogP contribution in [0, 0.1) is 17.8 Å². The first-order valence-electron chi connectivity index (χ1n) is 12.6. The summed E-state index contributed by atoms with van der Waals surface area (Å²) >= 11 is 0. The van der Waals surface area contributed by atoms with E-state index < -0.39 is 0 Å². The van der Waals surface area contributed by atoms with Crippen molar-refractivity contribution in [3.63, 3.8) is 0 Å². The highest BCUT2D eigenvalue weighted by atomic mass is 16.5. The van der Waals surface area contributed by atoms with Crippen LogP contribution in [0.2, 0.25) is 0 Å². The summed E-state index contributed by atoms with van der Waals surface area (Å²) in [4.78, 5) is 28.4. The second-order valence-corrected chi connectivity index (χ2v) is 10.3. The molecule has 2 aromatic rings. The predicted molar refractivity (Wildman–Crippen MR) is 127 cm³/mol. The Kier molecular flexibility index (Phi) is 5.36. The van der Waals surface area contributed by atoms with E-state index in [9.17, 15) is 9.59 Å². The number of benzene rings is 1. The van der Waals surface area contributed by atoms with Gasteiger partial charge in [-0.15, -0.1) is 0 Å². The average Bonchev–Trinajstić information content (AvgIpc) is 3.67. The number of hydrogen-bond acceptors (Lipinski definition) is 4. The number of carbonyl (C=O) groups excluding carboxylic acids is 2. The van der Waals surface area contributed by atoms with Crippen LogP contribution in [0.5, 0.6) is 0 Å². The van der Waals surface area contributed by atoms with Crippen molar-refractivity contribution in [3.8, 4) is 0 Å². The van der Waals surface area contributed by atoms with Gasteiger partial charge in [0.15, 0.2) is 5.76 Å². The molecule has 2 fully saturated rings. The molecule has 1 aromatic carbocycles. The number of carbonyl (C=O) groups is 2. The van der Waals surface area contributed by atoms with Gasteiger partial charge in [-0.3, -0.25) is 9.59 Å². The molecule has 5 atom stereocenters. The van der Waals surface area contributed by atoms with Gasteiger partial charge >= 0.3 is 0 Å². The van der Waals surface area contributed by atoms with Gasteiger partial charge in [-0.2, -0.15) is 0 Å². The Morgan fingerprint density at radius 1 is 1.12 bits per heavy atom. The SMILES string of the molecule is CCO[C@H]1[C@H](NC(=O)c2ccco2)c2ccccc2C12CCN(C(=O)[C@H]1C[C@@H]3C=C[C@H]1C3)CC2. The molecule has 0 unspecified atom stereocenters. The molecule has 4 aliphatic rings. The molecule has 1 saturated heterocycles. The fourth-order valence-corrected chi connectivity index (χ4v) is 7.05. The maximum Gasteiger partial charge on any atom is 0.287 e. The molecule has 178 valence electrons. The summed E-state index contributed by atoms with van der Waals surface area (Å²) in [5, 5.41) is 3.20. The van der Waals surface area contributed by atoms with Crippen molar-refractivity contribution >= 4 is 11.8 Å². The molecule has 1 aromatic heterocycles. The van der Waals surface area contributed by atoms with Gasteiger partial charge in [0.1, 0.15) is 0 Å². The first kappa shape index (κ1) is 21.7. The van der Waals surface area contributed by atoms with Gasteiger partial charge in [0.05, 0.1) is 18.4 Å². The summed E-state index contributed by atoms with van der Waals surface area (Å²) in [7, 11) is 0. The Labute approximate surface area is 200 Å². The molecule has 2 heterocycles. The third kappa shape index (κ3) is 3.34. The number of ether oxygens (including phenoxy) is 1. The summed E-state index contributed by atoms with van der Waals surface area (Å²) in [6.45, 7) is 4.03. The zero-order valence-corrected chi connectivity index (χ0v) is 19.6. The van der Waals surface area contributed by atoms with Crippen molar-refractivity contribution in [2.24, 2.45) is 17.8 Å². The third-order valence-corrected chi connectivity index (χ3v) is 8.62. The number of amides is 2. The molecule has 1 N–H and O–H groups in total.